The molecule has 0 aliphatic carbocycles. The molecule has 3 aromatic rings. The fourth-order valence-corrected chi connectivity index (χ4v) is 4.39. The van der Waals surface area contributed by atoms with Gasteiger partial charge in [-0.1, -0.05) is 44.2 Å². The zero-order valence-electron chi connectivity index (χ0n) is 14.4. The normalized spacial score (nSPS) is 13.4. The lowest BCUT2D eigenvalue weighted by Gasteiger charge is -2.24. The molecule has 3 N–H and O–H groups in total. The number of nitrogens with two attached hydrogens (primary N) is 1. The van der Waals surface area contributed by atoms with Crippen molar-refractivity contribution in [3.8, 4) is 0 Å². The maximum absolute atomic E-state index is 12.8. The van der Waals surface area contributed by atoms with Gasteiger partial charge in [-0.25, -0.2) is 13.1 Å². The second-order valence-electron chi connectivity index (χ2n) is 6.54. The lowest BCUT2D eigenvalue weighted by molar-refractivity contribution is 0.403. The van der Waals surface area contributed by atoms with Crippen LogP contribution in [-0.4, -0.2) is 19.0 Å². The Balaban J connectivity index is 1.88. The first-order chi connectivity index (χ1) is 11.9. The minimum atomic E-state index is -3.68. The number of nitrogens with zero attached hydrogens (tertiary/aromatic N) is 1. The summed E-state index contributed by atoms with van der Waals surface area (Å²) in [7, 11) is -3.68. The van der Waals surface area contributed by atoms with E-state index in [0.717, 1.165) is 10.9 Å². The van der Waals surface area contributed by atoms with Crippen LogP contribution in [0.5, 0.6) is 0 Å². The lowest BCUT2D eigenvalue weighted by Crippen LogP contribution is -2.41. The number of sulfonamides is 1. The zero-order chi connectivity index (χ0) is 18.0. The van der Waals surface area contributed by atoms with Gasteiger partial charge in [0.25, 0.3) is 0 Å². The molecule has 25 heavy (non-hydrogen) atoms. The molecule has 0 aliphatic rings. The minimum Gasteiger partial charge on any atom is -0.398 e. The largest absolute Gasteiger partial charge is 0.398 e. The van der Waals surface area contributed by atoms with Gasteiger partial charge in [-0.3, -0.25) is 0 Å². The summed E-state index contributed by atoms with van der Waals surface area (Å²) in [6.07, 6.45) is 1.99. The van der Waals surface area contributed by atoms with Crippen LogP contribution in [0.1, 0.15) is 13.8 Å². The van der Waals surface area contributed by atoms with Gasteiger partial charge in [0.05, 0.1) is 5.69 Å². The van der Waals surface area contributed by atoms with Crippen LogP contribution in [0.4, 0.5) is 5.69 Å². The number of hydrogen-bond acceptors (Lipinski definition) is 3. The predicted molar refractivity (Wildman–Crippen MR) is 102 cm³/mol. The number of benzene rings is 2. The summed E-state index contributed by atoms with van der Waals surface area (Å²) in [6.45, 7) is 4.57. The molecule has 1 atom stereocenters. The second kappa shape index (κ2) is 6.90. The summed E-state index contributed by atoms with van der Waals surface area (Å²) < 4.78 is 30.4. The SMILES string of the molecule is CC(C)C(Cn1ccc2ccccc21)NS(=O)(=O)c1ccccc1N. The standard InChI is InChI=1S/C19H23N3O2S/c1-14(2)17(13-22-12-11-15-7-3-5-9-18(15)22)21-25(23,24)19-10-6-4-8-16(19)20/h3-12,14,17,21H,13,20H2,1-2H3. The van der Waals surface area contributed by atoms with E-state index in [2.05, 4.69) is 9.29 Å². The molecule has 132 valence electrons. The van der Waals surface area contributed by atoms with E-state index in [-0.39, 0.29) is 22.5 Å². The maximum atomic E-state index is 12.8. The highest BCUT2D eigenvalue weighted by Crippen LogP contribution is 2.21. The Kier molecular flexibility index (Phi) is 4.83. The first-order valence-electron chi connectivity index (χ1n) is 8.29. The van der Waals surface area contributed by atoms with Crippen molar-refractivity contribution >= 4 is 26.6 Å². The highest BCUT2D eigenvalue weighted by molar-refractivity contribution is 7.89. The number of nitrogen functional groups attached to an aromatic ring is 1. The molecule has 3 rings (SSSR count). The van der Waals surface area contributed by atoms with Crippen LogP contribution in [-0.2, 0) is 16.6 Å². The topological polar surface area (TPSA) is 77.1 Å². The van der Waals surface area contributed by atoms with E-state index in [1.54, 1.807) is 18.2 Å². The van der Waals surface area contributed by atoms with Crippen LogP contribution >= 0.6 is 0 Å². The Labute approximate surface area is 148 Å². The highest BCUT2D eigenvalue weighted by Gasteiger charge is 2.24. The van der Waals surface area contributed by atoms with Gasteiger partial charge in [0.1, 0.15) is 4.90 Å². The summed E-state index contributed by atoms with van der Waals surface area (Å²) in [6, 6.07) is 16.4. The van der Waals surface area contributed by atoms with Crippen LogP contribution in [0.3, 0.4) is 0 Å². The van der Waals surface area contributed by atoms with Crippen molar-refractivity contribution < 1.29 is 8.42 Å². The van der Waals surface area contributed by atoms with Crippen molar-refractivity contribution in [2.24, 2.45) is 5.92 Å². The van der Waals surface area contributed by atoms with Gasteiger partial charge in [0.2, 0.25) is 10.0 Å². The Morgan fingerprint density at radius 1 is 1.04 bits per heavy atom. The van der Waals surface area contributed by atoms with E-state index in [1.165, 1.54) is 6.07 Å². The van der Waals surface area contributed by atoms with Gasteiger partial charge in [0, 0.05) is 24.3 Å². The Morgan fingerprint density at radius 2 is 1.72 bits per heavy atom. The zero-order valence-corrected chi connectivity index (χ0v) is 15.2. The quantitative estimate of drug-likeness (QED) is 0.665. The number of hydrogen-bond donors (Lipinski definition) is 2. The average molecular weight is 357 g/mol. The molecule has 0 saturated heterocycles. The van der Waals surface area contributed by atoms with Crippen LogP contribution in [0.25, 0.3) is 10.9 Å². The molecule has 1 aromatic heterocycles. The van der Waals surface area contributed by atoms with Crippen molar-refractivity contribution in [2.75, 3.05) is 5.73 Å². The van der Waals surface area contributed by atoms with Crippen LogP contribution in [0.15, 0.2) is 65.7 Å². The van der Waals surface area contributed by atoms with Gasteiger partial charge >= 0.3 is 0 Å². The third-order valence-corrected chi connectivity index (χ3v) is 5.96. The van der Waals surface area contributed by atoms with Crippen LogP contribution in [0.2, 0.25) is 0 Å². The third-order valence-electron chi connectivity index (χ3n) is 4.39. The predicted octanol–water partition coefficient (Wildman–Crippen LogP) is 3.23. The molecule has 0 fully saturated rings. The number of nitrogens with one attached hydrogen (secondary N) is 1. The van der Waals surface area contributed by atoms with Crippen molar-refractivity contribution in [3.05, 3.63) is 60.8 Å². The summed E-state index contributed by atoms with van der Waals surface area (Å²) in [4.78, 5) is 0.123. The van der Waals surface area contributed by atoms with Crippen LogP contribution in [0, 0.1) is 5.92 Å². The number of fused-ring (bicyclic) bond motifs is 1. The number of aromatic nitrogens is 1. The molecule has 2 aromatic carbocycles. The van der Waals surface area contributed by atoms with Crippen LogP contribution < -0.4 is 10.5 Å². The van der Waals surface area contributed by atoms with Gasteiger partial charge in [-0.15, -0.1) is 0 Å². The Morgan fingerprint density at radius 3 is 2.44 bits per heavy atom. The van der Waals surface area contributed by atoms with Crippen molar-refractivity contribution in [3.63, 3.8) is 0 Å². The van der Waals surface area contributed by atoms with E-state index in [9.17, 15) is 8.42 Å². The molecule has 6 heteroatoms. The van der Waals surface area contributed by atoms with E-state index in [1.807, 2.05) is 50.4 Å². The molecule has 0 bridgehead atoms. The second-order valence-corrected chi connectivity index (χ2v) is 8.22. The minimum absolute atomic E-state index is 0.123. The molecule has 1 unspecified atom stereocenters. The first-order valence-corrected chi connectivity index (χ1v) is 9.77. The molecule has 0 spiro atoms. The summed E-state index contributed by atoms with van der Waals surface area (Å²) in [5.41, 5.74) is 7.19. The van der Waals surface area contributed by atoms with E-state index < -0.39 is 10.0 Å². The fourth-order valence-electron chi connectivity index (χ4n) is 2.88. The monoisotopic (exact) mass is 357 g/mol. The molecule has 0 radical (unpaired) electrons. The maximum Gasteiger partial charge on any atom is 0.242 e. The number of rotatable bonds is 6. The van der Waals surface area contributed by atoms with Gasteiger partial charge in [-0.05, 0) is 35.6 Å². The van der Waals surface area contributed by atoms with Crippen molar-refractivity contribution in [1.82, 2.24) is 9.29 Å². The van der Waals surface area contributed by atoms with Crippen molar-refractivity contribution in [2.45, 2.75) is 31.3 Å². The molecule has 1 heterocycles. The molecular weight excluding hydrogens is 334 g/mol. The average Bonchev–Trinajstić information content (AvgIpc) is 2.97. The molecule has 5 nitrogen and oxygen atoms in total. The van der Waals surface area contributed by atoms with E-state index in [4.69, 9.17) is 5.73 Å². The van der Waals surface area contributed by atoms with Crippen molar-refractivity contribution in [1.29, 1.82) is 0 Å². The number of para-hydroxylation sites is 2. The first kappa shape index (κ1) is 17.5. The highest BCUT2D eigenvalue weighted by atomic mass is 32.2. The Hall–Kier alpha value is -2.31. The van der Waals surface area contributed by atoms with Gasteiger partial charge in [-0.2, -0.15) is 0 Å². The van der Waals surface area contributed by atoms with Gasteiger partial charge < -0.3 is 10.3 Å². The third kappa shape index (κ3) is 3.70. The summed E-state index contributed by atoms with van der Waals surface area (Å²) in [5.74, 6) is 0.126. The summed E-state index contributed by atoms with van der Waals surface area (Å²) in [5, 5.41) is 1.14. The Bertz CT molecular complexity index is 977. The smallest absolute Gasteiger partial charge is 0.242 e. The molecule has 0 aliphatic heterocycles. The van der Waals surface area contributed by atoms with E-state index >= 15 is 0 Å². The molecule has 0 saturated carbocycles. The summed E-state index contributed by atoms with van der Waals surface area (Å²) >= 11 is 0. The molecular formula is C19H23N3O2S. The fraction of sp³-hybridized carbons (Fsp3) is 0.263. The van der Waals surface area contributed by atoms with Gasteiger partial charge in [0.15, 0.2) is 0 Å². The van der Waals surface area contributed by atoms with E-state index in [0.29, 0.717) is 6.54 Å². The number of anilines is 1. The molecule has 0 amide bonds. The lowest BCUT2D eigenvalue weighted by atomic mass is 10.1.